The quantitative estimate of drug-likeness (QED) is 0.727. The zero-order chi connectivity index (χ0) is 16.7. The number of nitrogens with one attached hydrogen (secondary N) is 1. The van der Waals surface area contributed by atoms with E-state index in [1.54, 1.807) is 20.3 Å². The average molecular weight is 395 g/mol. The Kier molecular flexibility index (Phi) is 4.16. The van der Waals surface area contributed by atoms with Gasteiger partial charge in [0.25, 0.3) is 5.56 Å². The number of aromatic nitrogens is 2. The molecule has 0 saturated carbocycles. The molecule has 0 spiro atoms. The number of nitrogens with zero attached hydrogens (tertiary/aromatic N) is 1. The molecule has 23 heavy (non-hydrogen) atoms. The van der Waals surface area contributed by atoms with Crippen molar-refractivity contribution in [1.29, 1.82) is 0 Å². The fourth-order valence-electron chi connectivity index (χ4n) is 2.45. The lowest BCUT2D eigenvalue weighted by Crippen LogP contribution is -2.09. The second-order valence-electron chi connectivity index (χ2n) is 5.07. The number of halogens is 1. The van der Waals surface area contributed by atoms with Crippen molar-refractivity contribution >= 4 is 37.5 Å². The van der Waals surface area contributed by atoms with E-state index in [0.717, 1.165) is 25.3 Å². The van der Waals surface area contributed by atoms with Crippen molar-refractivity contribution in [1.82, 2.24) is 9.97 Å². The van der Waals surface area contributed by atoms with Crippen LogP contribution in [0.15, 0.2) is 21.4 Å². The number of aromatic amines is 1. The highest BCUT2D eigenvalue weighted by Gasteiger charge is 2.16. The summed E-state index contributed by atoms with van der Waals surface area (Å²) in [5, 5.41) is 0.663. The summed E-state index contributed by atoms with van der Waals surface area (Å²) in [5.74, 6) is 1.67. The third-order valence-corrected chi connectivity index (χ3v) is 5.44. The van der Waals surface area contributed by atoms with E-state index in [2.05, 4.69) is 25.9 Å². The largest absolute Gasteiger partial charge is 0.493 e. The first-order chi connectivity index (χ1) is 11.0. The Morgan fingerprint density at radius 2 is 1.96 bits per heavy atom. The summed E-state index contributed by atoms with van der Waals surface area (Å²) in [7, 11) is 3.14. The zero-order valence-electron chi connectivity index (χ0n) is 13.1. The van der Waals surface area contributed by atoms with Gasteiger partial charge in [-0.3, -0.25) is 4.79 Å². The van der Waals surface area contributed by atoms with Crippen LogP contribution in [-0.4, -0.2) is 24.2 Å². The third-order valence-electron chi connectivity index (χ3n) is 3.75. The number of ether oxygens (including phenoxy) is 2. The van der Waals surface area contributed by atoms with Gasteiger partial charge in [0.1, 0.15) is 10.7 Å². The molecule has 0 fully saturated rings. The molecule has 0 radical (unpaired) electrons. The SMILES string of the molecule is COc1cc(-c2nc3sc(C)c(C)c3c(=O)[nH]2)cc(Br)c1OC. The minimum Gasteiger partial charge on any atom is -0.493 e. The number of methoxy groups -OCH3 is 2. The van der Waals surface area contributed by atoms with Gasteiger partial charge in [-0.05, 0) is 47.5 Å². The summed E-state index contributed by atoms with van der Waals surface area (Å²) in [5.41, 5.74) is 1.61. The van der Waals surface area contributed by atoms with Crippen LogP contribution in [0.4, 0.5) is 0 Å². The van der Waals surface area contributed by atoms with Crippen molar-refractivity contribution in [3.05, 3.63) is 37.4 Å². The molecule has 120 valence electrons. The molecule has 0 unspecified atom stereocenters. The van der Waals surface area contributed by atoms with E-state index in [0.29, 0.717) is 22.7 Å². The fourth-order valence-corrected chi connectivity index (χ4v) is 4.08. The predicted octanol–water partition coefficient (Wildman–Crippen LogP) is 4.05. The highest BCUT2D eigenvalue weighted by Crippen LogP contribution is 2.39. The van der Waals surface area contributed by atoms with E-state index < -0.39 is 0 Å². The van der Waals surface area contributed by atoms with E-state index in [1.807, 2.05) is 19.9 Å². The van der Waals surface area contributed by atoms with Gasteiger partial charge in [0.05, 0.1) is 24.1 Å². The van der Waals surface area contributed by atoms with Crippen LogP contribution in [0.5, 0.6) is 11.5 Å². The molecule has 2 heterocycles. The number of fused-ring (bicyclic) bond motifs is 1. The smallest absolute Gasteiger partial charge is 0.260 e. The van der Waals surface area contributed by atoms with E-state index in [1.165, 1.54) is 11.3 Å². The van der Waals surface area contributed by atoms with Crippen LogP contribution in [0.3, 0.4) is 0 Å². The van der Waals surface area contributed by atoms with Gasteiger partial charge in [0.15, 0.2) is 11.5 Å². The standard InChI is InChI=1S/C16H15BrN2O3S/c1-7-8(2)23-16-12(7)15(20)18-14(19-16)9-5-10(17)13(22-4)11(6-9)21-3/h5-6H,1-4H3,(H,18,19,20). The number of hydrogen-bond donors (Lipinski definition) is 1. The van der Waals surface area contributed by atoms with Crippen molar-refractivity contribution < 1.29 is 9.47 Å². The summed E-state index contributed by atoms with van der Waals surface area (Å²) in [4.78, 5) is 21.7. The van der Waals surface area contributed by atoms with Gasteiger partial charge < -0.3 is 14.5 Å². The van der Waals surface area contributed by atoms with Crippen LogP contribution in [0.25, 0.3) is 21.6 Å². The van der Waals surface area contributed by atoms with Gasteiger partial charge in [0.2, 0.25) is 0 Å². The van der Waals surface area contributed by atoms with Crippen molar-refractivity contribution in [3.8, 4) is 22.9 Å². The summed E-state index contributed by atoms with van der Waals surface area (Å²) < 4.78 is 11.4. The summed E-state index contributed by atoms with van der Waals surface area (Å²) in [6, 6.07) is 3.64. The molecular formula is C16H15BrN2O3S. The molecule has 7 heteroatoms. The molecule has 0 saturated heterocycles. The number of hydrogen-bond acceptors (Lipinski definition) is 5. The van der Waals surface area contributed by atoms with Crippen LogP contribution >= 0.6 is 27.3 Å². The Labute approximate surface area is 145 Å². The Hall–Kier alpha value is -1.86. The van der Waals surface area contributed by atoms with Gasteiger partial charge in [-0.1, -0.05) is 0 Å². The molecule has 1 N–H and O–H groups in total. The normalized spacial score (nSPS) is 11.0. The topological polar surface area (TPSA) is 64.2 Å². The first-order valence-electron chi connectivity index (χ1n) is 6.88. The van der Waals surface area contributed by atoms with Crippen molar-refractivity contribution in [2.24, 2.45) is 0 Å². The Morgan fingerprint density at radius 1 is 1.22 bits per heavy atom. The second kappa shape index (κ2) is 5.98. The van der Waals surface area contributed by atoms with E-state index in [9.17, 15) is 4.79 Å². The molecule has 0 aliphatic carbocycles. The lowest BCUT2D eigenvalue weighted by molar-refractivity contribution is 0.353. The number of rotatable bonds is 3. The zero-order valence-corrected chi connectivity index (χ0v) is 15.5. The Morgan fingerprint density at radius 3 is 2.61 bits per heavy atom. The van der Waals surface area contributed by atoms with Gasteiger partial charge in [0, 0.05) is 10.4 Å². The molecule has 1 aromatic carbocycles. The van der Waals surface area contributed by atoms with Crippen LogP contribution in [0.1, 0.15) is 10.4 Å². The van der Waals surface area contributed by atoms with Crippen molar-refractivity contribution in [2.75, 3.05) is 14.2 Å². The third kappa shape index (κ3) is 2.64. The van der Waals surface area contributed by atoms with Gasteiger partial charge >= 0.3 is 0 Å². The highest BCUT2D eigenvalue weighted by molar-refractivity contribution is 9.10. The summed E-state index contributed by atoms with van der Waals surface area (Å²) in [6.07, 6.45) is 0. The van der Waals surface area contributed by atoms with Gasteiger partial charge in [-0.2, -0.15) is 0 Å². The fraction of sp³-hybridized carbons (Fsp3) is 0.250. The lowest BCUT2D eigenvalue weighted by Gasteiger charge is -2.11. The average Bonchev–Trinajstić information content (AvgIpc) is 2.81. The maximum atomic E-state index is 12.4. The lowest BCUT2D eigenvalue weighted by atomic mass is 10.1. The molecular weight excluding hydrogens is 380 g/mol. The maximum absolute atomic E-state index is 12.4. The molecule has 0 amide bonds. The predicted molar refractivity (Wildman–Crippen MR) is 96.0 cm³/mol. The monoisotopic (exact) mass is 394 g/mol. The number of H-pyrrole nitrogens is 1. The molecule has 3 rings (SSSR count). The maximum Gasteiger partial charge on any atom is 0.260 e. The Bertz CT molecular complexity index is 962. The van der Waals surface area contributed by atoms with Crippen molar-refractivity contribution in [3.63, 3.8) is 0 Å². The first-order valence-corrected chi connectivity index (χ1v) is 8.49. The first kappa shape index (κ1) is 16.0. The molecule has 2 aromatic heterocycles. The van der Waals surface area contributed by atoms with Crippen LogP contribution < -0.4 is 15.0 Å². The minimum atomic E-state index is -0.127. The molecule has 0 aliphatic heterocycles. The van der Waals surface area contributed by atoms with Crippen molar-refractivity contribution in [2.45, 2.75) is 13.8 Å². The van der Waals surface area contributed by atoms with E-state index in [4.69, 9.17) is 9.47 Å². The Balaban J connectivity index is 2.25. The number of aryl methyl sites for hydroxylation is 2. The molecule has 0 atom stereocenters. The molecule has 3 aromatic rings. The van der Waals surface area contributed by atoms with Crippen LogP contribution in [0.2, 0.25) is 0 Å². The van der Waals surface area contributed by atoms with Gasteiger partial charge in [-0.25, -0.2) is 4.98 Å². The van der Waals surface area contributed by atoms with E-state index in [-0.39, 0.29) is 5.56 Å². The van der Waals surface area contributed by atoms with Crippen LogP contribution in [0, 0.1) is 13.8 Å². The van der Waals surface area contributed by atoms with Crippen LogP contribution in [-0.2, 0) is 0 Å². The molecule has 0 aliphatic rings. The second-order valence-corrected chi connectivity index (χ2v) is 7.13. The molecule has 0 bridgehead atoms. The molecule has 5 nitrogen and oxygen atoms in total. The summed E-state index contributed by atoms with van der Waals surface area (Å²) in [6.45, 7) is 3.94. The number of thiophene rings is 1. The highest BCUT2D eigenvalue weighted by atomic mass is 79.9. The minimum absolute atomic E-state index is 0.127. The van der Waals surface area contributed by atoms with E-state index >= 15 is 0 Å². The summed E-state index contributed by atoms with van der Waals surface area (Å²) >= 11 is 4.98. The van der Waals surface area contributed by atoms with Gasteiger partial charge in [-0.15, -0.1) is 11.3 Å². The number of benzene rings is 1.